The number of sulfonamides is 1. The van der Waals surface area contributed by atoms with Crippen LogP contribution in [0.3, 0.4) is 0 Å². The Morgan fingerprint density at radius 1 is 1.00 bits per heavy atom. The average molecular weight is 447 g/mol. The molecule has 3 rings (SSSR count). The van der Waals surface area contributed by atoms with Gasteiger partial charge in [0.15, 0.2) is 0 Å². The number of nitrogens with zero attached hydrogens (tertiary/aromatic N) is 2. The predicted molar refractivity (Wildman–Crippen MR) is 102 cm³/mol. The highest BCUT2D eigenvalue weighted by molar-refractivity contribution is 7.89. The summed E-state index contributed by atoms with van der Waals surface area (Å²) in [5.41, 5.74) is -0.543. The SMILES string of the molecule is O=C(Cc1cccc(C(F)(F)F)c1)N1CCN(S(=O)(=O)c2cccc(Cl)c2)CC1. The van der Waals surface area contributed by atoms with E-state index in [-0.39, 0.29) is 49.0 Å². The van der Waals surface area contributed by atoms with E-state index < -0.39 is 21.8 Å². The van der Waals surface area contributed by atoms with Crippen LogP contribution in [0, 0.1) is 0 Å². The van der Waals surface area contributed by atoms with Crippen molar-refractivity contribution in [3.63, 3.8) is 0 Å². The van der Waals surface area contributed by atoms with Crippen LogP contribution in [0.1, 0.15) is 11.1 Å². The summed E-state index contributed by atoms with van der Waals surface area (Å²) in [7, 11) is -3.73. The van der Waals surface area contributed by atoms with Crippen LogP contribution in [0.5, 0.6) is 0 Å². The first-order valence-corrected chi connectivity index (χ1v) is 10.6. The minimum absolute atomic E-state index is 0.0775. The van der Waals surface area contributed by atoms with E-state index in [0.29, 0.717) is 5.02 Å². The zero-order valence-electron chi connectivity index (χ0n) is 15.2. The van der Waals surface area contributed by atoms with E-state index in [4.69, 9.17) is 11.6 Å². The van der Waals surface area contributed by atoms with Crippen LogP contribution < -0.4 is 0 Å². The molecule has 0 unspecified atom stereocenters. The number of carbonyl (C=O) groups is 1. The summed E-state index contributed by atoms with van der Waals surface area (Å²) in [6.07, 6.45) is -4.65. The lowest BCUT2D eigenvalue weighted by molar-refractivity contribution is -0.138. The van der Waals surface area contributed by atoms with Crippen molar-refractivity contribution in [1.29, 1.82) is 0 Å². The standard InChI is InChI=1S/C19H18ClF3N2O3S/c20-16-5-2-6-17(13-16)29(27,28)25-9-7-24(8-10-25)18(26)12-14-3-1-4-15(11-14)19(21,22)23/h1-6,11,13H,7-10,12H2. The number of amides is 1. The highest BCUT2D eigenvalue weighted by atomic mass is 35.5. The second kappa shape index (κ2) is 8.33. The largest absolute Gasteiger partial charge is 0.416 e. The molecule has 0 N–H and O–H groups in total. The van der Waals surface area contributed by atoms with E-state index in [1.807, 2.05) is 0 Å². The Morgan fingerprint density at radius 3 is 2.28 bits per heavy atom. The maximum absolute atomic E-state index is 12.8. The van der Waals surface area contributed by atoms with Crippen molar-refractivity contribution in [1.82, 2.24) is 9.21 Å². The molecule has 0 atom stereocenters. The van der Waals surface area contributed by atoms with Crippen LogP contribution >= 0.6 is 11.6 Å². The number of hydrogen-bond donors (Lipinski definition) is 0. The molecule has 10 heteroatoms. The van der Waals surface area contributed by atoms with Gasteiger partial charge in [-0.1, -0.05) is 35.9 Å². The molecule has 1 aliphatic rings. The molecule has 5 nitrogen and oxygen atoms in total. The van der Waals surface area contributed by atoms with Crippen molar-refractivity contribution in [2.75, 3.05) is 26.2 Å². The Hall–Kier alpha value is -2.10. The highest BCUT2D eigenvalue weighted by Gasteiger charge is 2.32. The molecule has 1 heterocycles. The van der Waals surface area contributed by atoms with Crippen LogP contribution in [0.2, 0.25) is 5.02 Å². The molecular weight excluding hydrogens is 429 g/mol. The van der Waals surface area contributed by atoms with Crippen molar-refractivity contribution in [2.24, 2.45) is 0 Å². The third kappa shape index (κ3) is 5.09. The zero-order valence-corrected chi connectivity index (χ0v) is 16.8. The van der Waals surface area contributed by atoms with Gasteiger partial charge in [0.05, 0.1) is 16.9 Å². The quantitative estimate of drug-likeness (QED) is 0.723. The molecule has 0 aromatic heterocycles. The van der Waals surface area contributed by atoms with Crippen LogP contribution in [-0.4, -0.2) is 49.7 Å². The van der Waals surface area contributed by atoms with Gasteiger partial charge in [-0.15, -0.1) is 0 Å². The highest BCUT2D eigenvalue weighted by Crippen LogP contribution is 2.29. The predicted octanol–water partition coefficient (Wildman–Crippen LogP) is 3.43. The van der Waals surface area contributed by atoms with Crippen LogP contribution in [0.25, 0.3) is 0 Å². The van der Waals surface area contributed by atoms with Gasteiger partial charge in [-0.3, -0.25) is 4.79 Å². The smallest absolute Gasteiger partial charge is 0.340 e. The normalized spacial score (nSPS) is 16.1. The van der Waals surface area contributed by atoms with Gasteiger partial charge in [0.1, 0.15) is 0 Å². The molecule has 0 bridgehead atoms. The van der Waals surface area contributed by atoms with Crippen LogP contribution in [0.15, 0.2) is 53.4 Å². The number of alkyl halides is 3. The molecule has 2 aromatic rings. The van der Waals surface area contributed by atoms with E-state index in [1.54, 1.807) is 12.1 Å². The molecule has 0 radical (unpaired) electrons. The van der Waals surface area contributed by atoms with Gasteiger partial charge >= 0.3 is 6.18 Å². The summed E-state index contributed by atoms with van der Waals surface area (Å²) >= 11 is 5.86. The molecule has 29 heavy (non-hydrogen) atoms. The first-order valence-electron chi connectivity index (χ1n) is 8.77. The number of carbonyl (C=O) groups excluding carboxylic acids is 1. The molecular formula is C19H18ClF3N2O3S. The van der Waals surface area contributed by atoms with Gasteiger partial charge < -0.3 is 4.90 Å². The first kappa shape index (κ1) is 21.6. The fourth-order valence-electron chi connectivity index (χ4n) is 3.10. The van der Waals surface area contributed by atoms with Crippen molar-refractivity contribution < 1.29 is 26.4 Å². The Labute approximate surface area is 171 Å². The first-order chi connectivity index (χ1) is 13.6. The lowest BCUT2D eigenvalue weighted by Gasteiger charge is -2.34. The van der Waals surface area contributed by atoms with Gasteiger partial charge in [-0.2, -0.15) is 17.5 Å². The van der Waals surface area contributed by atoms with Crippen molar-refractivity contribution in [2.45, 2.75) is 17.5 Å². The van der Waals surface area contributed by atoms with Crippen molar-refractivity contribution >= 4 is 27.5 Å². The van der Waals surface area contributed by atoms with Gasteiger partial charge in [-0.05, 0) is 29.8 Å². The van der Waals surface area contributed by atoms with E-state index in [2.05, 4.69) is 0 Å². The lowest BCUT2D eigenvalue weighted by Crippen LogP contribution is -2.50. The maximum Gasteiger partial charge on any atom is 0.416 e. The molecule has 1 amide bonds. The minimum Gasteiger partial charge on any atom is -0.340 e. The molecule has 1 saturated heterocycles. The van der Waals surface area contributed by atoms with Gasteiger partial charge in [0.25, 0.3) is 0 Å². The summed E-state index contributed by atoms with van der Waals surface area (Å²) in [6, 6.07) is 10.6. The number of piperazine rings is 1. The van der Waals surface area contributed by atoms with Crippen LogP contribution in [-0.2, 0) is 27.4 Å². The molecule has 2 aromatic carbocycles. The topological polar surface area (TPSA) is 57.7 Å². The number of halogens is 4. The second-order valence-electron chi connectivity index (χ2n) is 6.62. The minimum atomic E-state index is -4.47. The second-order valence-corrected chi connectivity index (χ2v) is 8.99. The van der Waals surface area contributed by atoms with Crippen molar-refractivity contribution in [3.8, 4) is 0 Å². The summed E-state index contributed by atoms with van der Waals surface area (Å²) in [6.45, 7) is 0.529. The summed E-state index contributed by atoms with van der Waals surface area (Å²) in [4.78, 5) is 14.0. The van der Waals surface area contributed by atoms with Gasteiger partial charge in [0.2, 0.25) is 15.9 Å². The zero-order chi connectivity index (χ0) is 21.2. The summed E-state index contributed by atoms with van der Waals surface area (Å²) < 4.78 is 65.1. The maximum atomic E-state index is 12.8. The average Bonchev–Trinajstić information content (AvgIpc) is 2.67. The van der Waals surface area contributed by atoms with E-state index in [1.165, 1.54) is 33.5 Å². The lowest BCUT2D eigenvalue weighted by atomic mass is 10.1. The molecule has 0 aliphatic carbocycles. The van der Waals surface area contributed by atoms with Crippen molar-refractivity contribution in [3.05, 3.63) is 64.7 Å². The summed E-state index contributed by atoms with van der Waals surface area (Å²) in [5, 5.41) is 0.306. The Balaban J connectivity index is 1.63. The Bertz CT molecular complexity index is 1000. The Morgan fingerprint density at radius 2 is 1.66 bits per heavy atom. The number of benzene rings is 2. The third-order valence-corrected chi connectivity index (χ3v) is 6.76. The molecule has 0 saturated carbocycles. The molecule has 1 aliphatic heterocycles. The monoisotopic (exact) mass is 446 g/mol. The molecule has 1 fully saturated rings. The molecule has 0 spiro atoms. The van der Waals surface area contributed by atoms with Gasteiger partial charge in [-0.25, -0.2) is 8.42 Å². The van der Waals surface area contributed by atoms with E-state index in [0.717, 1.165) is 12.1 Å². The Kier molecular flexibility index (Phi) is 6.21. The fourth-order valence-corrected chi connectivity index (χ4v) is 4.82. The fraction of sp³-hybridized carbons (Fsp3) is 0.316. The van der Waals surface area contributed by atoms with E-state index in [9.17, 15) is 26.4 Å². The molecule has 156 valence electrons. The van der Waals surface area contributed by atoms with Crippen LogP contribution in [0.4, 0.5) is 13.2 Å². The number of rotatable bonds is 4. The third-order valence-electron chi connectivity index (χ3n) is 4.63. The van der Waals surface area contributed by atoms with E-state index >= 15 is 0 Å². The number of hydrogen-bond acceptors (Lipinski definition) is 3. The summed E-state index contributed by atoms with van der Waals surface area (Å²) in [5.74, 6) is -0.343. The van der Waals surface area contributed by atoms with Gasteiger partial charge in [0, 0.05) is 31.2 Å².